The lowest BCUT2D eigenvalue weighted by Crippen LogP contribution is -2.17. The van der Waals surface area contributed by atoms with Crippen molar-refractivity contribution < 1.29 is 0 Å². The van der Waals surface area contributed by atoms with Crippen molar-refractivity contribution in [3.63, 3.8) is 0 Å². The molecule has 0 aromatic heterocycles. The average molecular weight is 719 g/mol. The highest BCUT2D eigenvalue weighted by molar-refractivity contribution is 6.19. The van der Waals surface area contributed by atoms with Crippen LogP contribution >= 0.6 is 0 Å². The van der Waals surface area contributed by atoms with E-state index in [4.69, 9.17) is 0 Å². The molecule has 10 rings (SSSR count). The minimum atomic E-state index is 0.363. The molecule has 0 heteroatoms. The lowest BCUT2D eigenvalue weighted by atomic mass is 9.75. The first-order valence-corrected chi connectivity index (χ1v) is 20.5. The smallest absolute Gasteiger partial charge is 0.0122 e. The van der Waals surface area contributed by atoms with E-state index in [0.717, 1.165) is 32.1 Å². The number of hydrogen-bond donors (Lipinski definition) is 0. The number of rotatable bonds is 7. The van der Waals surface area contributed by atoms with Gasteiger partial charge < -0.3 is 0 Å². The van der Waals surface area contributed by atoms with Crippen LogP contribution in [0.15, 0.2) is 223 Å². The summed E-state index contributed by atoms with van der Waals surface area (Å²) in [7, 11) is 0. The summed E-state index contributed by atoms with van der Waals surface area (Å²) >= 11 is 0. The van der Waals surface area contributed by atoms with Crippen LogP contribution in [0.4, 0.5) is 0 Å². The van der Waals surface area contributed by atoms with Crippen molar-refractivity contribution in [2.24, 2.45) is 11.8 Å². The molecule has 5 aromatic rings. The normalized spacial score (nSPS) is 21.5. The van der Waals surface area contributed by atoms with Crippen molar-refractivity contribution in [1.29, 1.82) is 0 Å². The Kier molecular flexibility index (Phi) is 9.25. The van der Waals surface area contributed by atoms with Crippen molar-refractivity contribution in [3.05, 3.63) is 234 Å². The Labute approximate surface area is 331 Å². The van der Waals surface area contributed by atoms with Crippen molar-refractivity contribution >= 4 is 27.1 Å². The first kappa shape index (κ1) is 34.3. The number of hydrogen-bond acceptors (Lipinski definition) is 0. The van der Waals surface area contributed by atoms with Crippen molar-refractivity contribution in [2.75, 3.05) is 0 Å². The molecule has 0 nitrogen and oxygen atoms in total. The van der Waals surface area contributed by atoms with Crippen LogP contribution in [0.3, 0.4) is 0 Å². The summed E-state index contributed by atoms with van der Waals surface area (Å²) < 4.78 is 0. The second-order valence-corrected chi connectivity index (χ2v) is 15.8. The predicted octanol–water partition coefficient (Wildman–Crippen LogP) is 15.1. The molecule has 3 atom stereocenters. The molecular weight excluding hydrogens is 673 g/mol. The Bertz CT molecular complexity index is 2650. The maximum atomic E-state index is 2.46. The van der Waals surface area contributed by atoms with E-state index in [1.54, 1.807) is 0 Å². The predicted molar refractivity (Wildman–Crippen MR) is 240 cm³/mol. The SMILES string of the molecule is C1=CCC(c2cc(-c3ccccc3)cc(-c3c4ccccc4c(C4=CC=C(C=CC5=CC=C(C6=CC=CC7C=CC=CC67)CC5)CC4)c4ccccc34)c2)C=C1. The third kappa shape index (κ3) is 6.60. The summed E-state index contributed by atoms with van der Waals surface area (Å²) in [6.45, 7) is 0. The molecule has 0 saturated heterocycles. The first-order chi connectivity index (χ1) is 27.8. The molecule has 0 aliphatic heterocycles. The maximum absolute atomic E-state index is 2.46. The summed E-state index contributed by atoms with van der Waals surface area (Å²) in [5.74, 6) is 1.33. The Morgan fingerprint density at radius 1 is 0.446 bits per heavy atom. The van der Waals surface area contributed by atoms with E-state index in [9.17, 15) is 0 Å². The Hall–Kier alpha value is -6.24. The highest BCUT2D eigenvalue weighted by atomic mass is 14.3. The molecule has 0 heterocycles. The Balaban J connectivity index is 0.999. The molecule has 0 amide bonds. The van der Waals surface area contributed by atoms with E-state index >= 15 is 0 Å². The Morgan fingerprint density at radius 2 is 1.05 bits per heavy atom. The molecule has 0 saturated carbocycles. The fourth-order valence-corrected chi connectivity index (χ4v) is 9.51. The van der Waals surface area contributed by atoms with Crippen LogP contribution in [-0.4, -0.2) is 0 Å². The van der Waals surface area contributed by atoms with E-state index in [1.165, 1.54) is 82.8 Å². The third-order valence-electron chi connectivity index (χ3n) is 12.4. The minimum absolute atomic E-state index is 0.363. The molecule has 56 heavy (non-hydrogen) atoms. The fourth-order valence-electron chi connectivity index (χ4n) is 9.51. The van der Waals surface area contributed by atoms with E-state index in [2.05, 4.69) is 200 Å². The zero-order valence-electron chi connectivity index (χ0n) is 31.8. The quantitative estimate of drug-likeness (QED) is 0.147. The number of allylic oxidation sites excluding steroid dienone is 22. The summed E-state index contributed by atoms with van der Waals surface area (Å²) in [5.41, 5.74) is 15.1. The van der Waals surface area contributed by atoms with E-state index in [1.807, 2.05) is 0 Å². The van der Waals surface area contributed by atoms with Gasteiger partial charge in [0.25, 0.3) is 0 Å². The minimum Gasteiger partial charge on any atom is -0.0836 e. The van der Waals surface area contributed by atoms with Gasteiger partial charge >= 0.3 is 0 Å². The van der Waals surface area contributed by atoms with Gasteiger partial charge in [-0.1, -0.05) is 194 Å². The molecule has 0 fully saturated rings. The molecular formula is C56H46. The summed E-state index contributed by atoms with van der Waals surface area (Å²) in [6.07, 6.45) is 44.5. The average Bonchev–Trinajstić information content (AvgIpc) is 3.28. The highest BCUT2D eigenvalue weighted by Crippen LogP contribution is 2.46. The van der Waals surface area contributed by atoms with Gasteiger partial charge in [0.15, 0.2) is 0 Å². The van der Waals surface area contributed by atoms with Crippen LogP contribution in [-0.2, 0) is 0 Å². The van der Waals surface area contributed by atoms with Crippen LogP contribution < -0.4 is 0 Å². The van der Waals surface area contributed by atoms with Crippen LogP contribution in [0, 0.1) is 11.8 Å². The highest BCUT2D eigenvalue weighted by Gasteiger charge is 2.25. The molecule has 0 spiro atoms. The lowest BCUT2D eigenvalue weighted by Gasteiger charge is -2.29. The van der Waals surface area contributed by atoms with Gasteiger partial charge in [-0.05, 0) is 121 Å². The number of benzene rings is 5. The summed E-state index contributed by atoms with van der Waals surface area (Å²) in [6, 6.07) is 36.4. The molecule has 5 aliphatic rings. The zero-order valence-corrected chi connectivity index (χ0v) is 31.8. The second kappa shape index (κ2) is 15.1. The summed E-state index contributed by atoms with van der Waals surface area (Å²) in [5, 5.41) is 5.29. The molecule has 0 bridgehead atoms. The van der Waals surface area contributed by atoms with E-state index in [-0.39, 0.29) is 0 Å². The van der Waals surface area contributed by atoms with Crippen LogP contribution in [0.25, 0.3) is 49.4 Å². The van der Waals surface area contributed by atoms with Gasteiger partial charge in [0.1, 0.15) is 0 Å². The largest absolute Gasteiger partial charge is 0.0836 e. The molecule has 3 unspecified atom stereocenters. The van der Waals surface area contributed by atoms with Crippen LogP contribution in [0.5, 0.6) is 0 Å². The van der Waals surface area contributed by atoms with Gasteiger partial charge in [0, 0.05) is 17.8 Å². The van der Waals surface area contributed by atoms with Gasteiger partial charge in [0.2, 0.25) is 0 Å². The van der Waals surface area contributed by atoms with Gasteiger partial charge in [-0.3, -0.25) is 0 Å². The maximum Gasteiger partial charge on any atom is 0.0122 e. The number of fused-ring (bicyclic) bond motifs is 3. The van der Waals surface area contributed by atoms with Gasteiger partial charge in [-0.25, -0.2) is 0 Å². The van der Waals surface area contributed by atoms with E-state index in [0.29, 0.717) is 17.8 Å². The molecule has 5 aromatic carbocycles. The second-order valence-electron chi connectivity index (χ2n) is 15.8. The topological polar surface area (TPSA) is 0 Å². The van der Waals surface area contributed by atoms with Gasteiger partial charge in [-0.2, -0.15) is 0 Å². The zero-order chi connectivity index (χ0) is 37.3. The van der Waals surface area contributed by atoms with Crippen molar-refractivity contribution in [2.45, 2.75) is 38.0 Å². The standard InChI is InChI=1S/C56H46/c1-3-14-41(15-4-1)46-36-47(42-16-5-2-6-17-42)38-48(37-46)56-53-23-11-9-21-51(53)55(52-22-10-12-24-54(52)56)45-34-30-40(31-35-45)27-26-39-28-32-44(33-29-39)50-25-13-19-43-18-7-8-20-49(43)50/h1-16,18-28,30,32,34,36-38,42-43,49H,17,29,31,33,35H2. The Morgan fingerprint density at radius 3 is 1.71 bits per heavy atom. The molecule has 0 radical (unpaired) electrons. The molecule has 270 valence electrons. The van der Waals surface area contributed by atoms with Gasteiger partial charge in [0.05, 0.1) is 0 Å². The molecule has 5 aliphatic carbocycles. The molecule has 0 N–H and O–H groups in total. The fraction of sp³-hybridized carbons (Fsp3) is 0.143. The van der Waals surface area contributed by atoms with Crippen molar-refractivity contribution in [3.8, 4) is 22.3 Å². The van der Waals surface area contributed by atoms with Crippen LogP contribution in [0.1, 0.15) is 49.1 Å². The third-order valence-corrected chi connectivity index (χ3v) is 12.4. The van der Waals surface area contributed by atoms with E-state index < -0.39 is 0 Å². The van der Waals surface area contributed by atoms with Gasteiger partial charge in [-0.15, -0.1) is 0 Å². The summed E-state index contributed by atoms with van der Waals surface area (Å²) in [4.78, 5) is 0. The van der Waals surface area contributed by atoms with Crippen molar-refractivity contribution in [1.82, 2.24) is 0 Å². The van der Waals surface area contributed by atoms with Crippen LogP contribution in [0.2, 0.25) is 0 Å². The monoisotopic (exact) mass is 718 g/mol. The lowest BCUT2D eigenvalue weighted by molar-refractivity contribution is 0.622. The first-order valence-electron chi connectivity index (χ1n) is 20.5.